The Bertz CT molecular complexity index is 974. The van der Waals surface area contributed by atoms with Gasteiger partial charge < -0.3 is 20.3 Å². The van der Waals surface area contributed by atoms with E-state index in [1.54, 1.807) is 12.1 Å². The van der Waals surface area contributed by atoms with E-state index in [0.29, 0.717) is 18.2 Å². The van der Waals surface area contributed by atoms with Crippen molar-refractivity contribution < 1.29 is 19.1 Å². The molecule has 0 saturated carbocycles. The minimum Gasteiger partial charge on any atom is -0.468 e. The van der Waals surface area contributed by atoms with Gasteiger partial charge in [0.05, 0.1) is 7.11 Å². The van der Waals surface area contributed by atoms with E-state index in [2.05, 4.69) is 51.5 Å². The average molecular weight is 467 g/mol. The van der Waals surface area contributed by atoms with E-state index < -0.39 is 12.0 Å². The smallest absolute Gasteiger partial charge is 0.325 e. The standard InChI is InChI=1S/C26H34N4O4/c1-4-24(31)30(22-13-15-29(16-14-22)19(2)20-9-6-5-7-10-20)23-12-8-11-21(17-23)28-26(33)27-18-25(32)34-3/h5-12,17,19,22H,4,13-16,18H2,1-3H3,(H2,27,28,33). The maximum absolute atomic E-state index is 13.0. The van der Waals surface area contributed by atoms with Crippen molar-refractivity contribution in [2.24, 2.45) is 0 Å². The normalized spacial score (nSPS) is 15.3. The van der Waals surface area contributed by atoms with Crippen LogP contribution in [0.5, 0.6) is 0 Å². The van der Waals surface area contributed by atoms with Gasteiger partial charge in [-0.15, -0.1) is 0 Å². The number of carbonyl (C=O) groups excluding carboxylic acids is 3. The lowest BCUT2D eigenvalue weighted by Gasteiger charge is -2.41. The van der Waals surface area contributed by atoms with Gasteiger partial charge >= 0.3 is 12.0 Å². The first kappa shape index (κ1) is 25.2. The third kappa shape index (κ3) is 6.57. The van der Waals surface area contributed by atoms with Crippen molar-refractivity contribution in [2.75, 3.05) is 37.0 Å². The van der Waals surface area contributed by atoms with Gasteiger partial charge in [0.15, 0.2) is 0 Å². The quantitative estimate of drug-likeness (QED) is 0.575. The molecule has 3 rings (SSSR count). The number of methoxy groups -OCH3 is 1. The van der Waals surface area contributed by atoms with Gasteiger partial charge in [0.1, 0.15) is 6.54 Å². The summed E-state index contributed by atoms with van der Waals surface area (Å²) in [6, 6.07) is 17.6. The van der Waals surface area contributed by atoms with E-state index in [0.717, 1.165) is 31.6 Å². The van der Waals surface area contributed by atoms with Crippen LogP contribution in [0.4, 0.5) is 16.2 Å². The Morgan fingerprint density at radius 1 is 1.09 bits per heavy atom. The van der Waals surface area contributed by atoms with Crippen LogP contribution in [-0.2, 0) is 14.3 Å². The molecule has 1 aliphatic heterocycles. The molecule has 34 heavy (non-hydrogen) atoms. The summed E-state index contributed by atoms with van der Waals surface area (Å²) in [7, 11) is 1.26. The van der Waals surface area contributed by atoms with Crippen LogP contribution in [0.3, 0.4) is 0 Å². The van der Waals surface area contributed by atoms with Crippen molar-refractivity contribution in [1.29, 1.82) is 0 Å². The summed E-state index contributed by atoms with van der Waals surface area (Å²) in [5, 5.41) is 5.16. The summed E-state index contributed by atoms with van der Waals surface area (Å²) in [4.78, 5) is 40.6. The van der Waals surface area contributed by atoms with Crippen LogP contribution in [0.1, 0.15) is 44.7 Å². The second kappa shape index (κ2) is 12.2. The molecule has 0 aromatic heterocycles. The maximum Gasteiger partial charge on any atom is 0.325 e. The summed E-state index contributed by atoms with van der Waals surface area (Å²) in [6.07, 6.45) is 2.15. The number of ether oxygens (including phenoxy) is 1. The summed E-state index contributed by atoms with van der Waals surface area (Å²) in [5.41, 5.74) is 2.60. The van der Waals surface area contributed by atoms with Crippen molar-refractivity contribution in [2.45, 2.75) is 45.2 Å². The molecule has 2 aromatic carbocycles. The molecule has 2 aromatic rings. The SMILES string of the molecule is CCC(=O)N(c1cccc(NC(=O)NCC(=O)OC)c1)C1CCN(C(C)c2ccccc2)CC1. The summed E-state index contributed by atoms with van der Waals surface area (Å²) in [5.74, 6) is -0.474. The summed E-state index contributed by atoms with van der Waals surface area (Å²) in [6.45, 7) is 5.68. The van der Waals surface area contributed by atoms with Crippen molar-refractivity contribution >= 4 is 29.3 Å². The van der Waals surface area contributed by atoms with Crippen LogP contribution >= 0.6 is 0 Å². The monoisotopic (exact) mass is 466 g/mol. The molecule has 1 atom stereocenters. The highest BCUT2D eigenvalue weighted by Gasteiger charge is 2.30. The number of amides is 3. The van der Waals surface area contributed by atoms with Crippen LogP contribution in [0.2, 0.25) is 0 Å². The van der Waals surface area contributed by atoms with Crippen molar-refractivity contribution in [3.63, 3.8) is 0 Å². The van der Waals surface area contributed by atoms with Crippen LogP contribution in [-0.4, -0.2) is 55.6 Å². The number of nitrogens with zero attached hydrogens (tertiary/aromatic N) is 2. The fraction of sp³-hybridized carbons (Fsp3) is 0.423. The zero-order chi connectivity index (χ0) is 24.5. The van der Waals surface area contributed by atoms with Gasteiger partial charge in [0.25, 0.3) is 0 Å². The Kier molecular flexibility index (Phi) is 9.04. The van der Waals surface area contributed by atoms with Gasteiger partial charge in [-0.25, -0.2) is 4.79 Å². The zero-order valence-electron chi connectivity index (χ0n) is 20.1. The first-order valence-corrected chi connectivity index (χ1v) is 11.8. The Morgan fingerprint density at radius 2 is 1.79 bits per heavy atom. The van der Waals surface area contributed by atoms with Gasteiger partial charge in [0.2, 0.25) is 5.91 Å². The highest BCUT2D eigenvalue weighted by atomic mass is 16.5. The molecule has 0 spiro atoms. The predicted octanol–water partition coefficient (Wildman–Crippen LogP) is 3.95. The maximum atomic E-state index is 13.0. The number of hydrogen-bond donors (Lipinski definition) is 2. The first-order chi connectivity index (χ1) is 16.4. The van der Waals surface area contributed by atoms with E-state index in [-0.39, 0.29) is 18.5 Å². The molecule has 2 N–H and O–H groups in total. The van der Waals surface area contributed by atoms with Crippen LogP contribution in [0, 0.1) is 0 Å². The van der Waals surface area contributed by atoms with Gasteiger partial charge in [0, 0.05) is 43.0 Å². The first-order valence-electron chi connectivity index (χ1n) is 11.8. The number of esters is 1. The Balaban J connectivity index is 1.67. The van der Waals surface area contributed by atoms with Crippen LogP contribution < -0.4 is 15.5 Å². The Labute approximate surface area is 201 Å². The molecule has 182 valence electrons. The second-order valence-corrected chi connectivity index (χ2v) is 8.41. The van der Waals surface area contributed by atoms with Crippen molar-refractivity contribution in [3.8, 4) is 0 Å². The molecule has 1 fully saturated rings. The number of hydrogen-bond acceptors (Lipinski definition) is 5. The molecule has 1 saturated heterocycles. The van der Waals surface area contributed by atoms with Crippen molar-refractivity contribution in [1.82, 2.24) is 10.2 Å². The highest BCUT2D eigenvalue weighted by Crippen LogP contribution is 2.30. The van der Waals surface area contributed by atoms with E-state index in [4.69, 9.17) is 0 Å². The van der Waals surface area contributed by atoms with E-state index in [1.807, 2.05) is 30.0 Å². The van der Waals surface area contributed by atoms with E-state index in [1.165, 1.54) is 12.7 Å². The molecule has 8 heteroatoms. The number of piperidine rings is 1. The lowest BCUT2D eigenvalue weighted by atomic mass is 9.98. The second-order valence-electron chi connectivity index (χ2n) is 8.41. The van der Waals surface area contributed by atoms with E-state index >= 15 is 0 Å². The fourth-order valence-corrected chi connectivity index (χ4v) is 4.34. The van der Waals surface area contributed by atoms with Gasteiger partial charge in [-0.3, -0.25) is 14.5 Å². The zero-order valence-corrected chi connectivity index (χ0v) is 20.1. The van der Waals surface area contributed by atoms with Gasteiger partial charge in [-0.05, 0) is 43.5 Å². The molecular formula is C26H34N4O4. The van der Waals surface area contributed by atoms with Crippen LogP contribution in [0.15, 0.2) is 54.6 Å². The van der Waals surface area contributed by atoms with E-state index in [9.17, 15) is 14.4 Å². The minimum atomic E-state index is -0.531. The molecule has 0 bridgehead atoms. The number of nitrogens with one attached hydrogen (secondary N) is 2. The average Bonchev–Trinajstić information content (AvgIpc) is 2.88. The number of carbonyl (C=O) groups is 3. The number of rotatable bonds is 8. The third-order valence-electron chi connectivity index (χ3n) is 6.27. The fourth-order valence-electron chi connectivity index (χ4n) is 4.34. The topological polar surface area (TPSA) is 91.0 Å². The Hall–Kier alpha value is -3.39. The minimum absolute atomic E-state index is 0.0573. The molecule has 1 aliphatic rings. The van der Waals surface area contributed by atoms with Gasteiger partial charge in [-0.1, -0.05) is 43.3 Å². The molecule has 0 radical (unpaired) electrons. The van der Waals surface area contributed by atoms with Gasteiger partial charge in [-0.2, -0.15) is 0 Å². The summed E-state index contributed by atoms with van der Waals surface area (Å²) >= 11 is 0. The van der Waals surface area contributed by atoms with Crippen molar-refractivity contribution in [3.05, 3.63) is 60.2 Å². The third-order valence-corrected chi connectivity index (χ3v) is 6.27. The molecule has 1 heterocycles. The molecule has 1 unspecified atom stereocenters. The molecule has 8 nitrogen and oxygen atoms in total. The number of anilines is 2. The number of likely N-dealkylation sites (tertiary alicyclic amines) is 1. The number of urea groups is 1. The molecular weight excluding hydrogens is 432 g/mol. The molecule has 3 amide bonds. The lowest BCUT2D eigenvalue weighted by molar-refractivity contribution is -0.139. The Morgan fingerprint density at radius 3 is 2.44 bits per heavy atom. The lowest BCUT2D eigenvalue weighted by Crippen LogP contribution is -2.48. The predicted molar refractivity (Wildman–Crippen MR) is 133 cm³/mol. The number of benzene rings is 2. The summed E-state index contributed by atoms with van der Waals surface area (Å²) < 4.78 is 4.53. The van der Waals surface area contributed by atoms with Crippen LogP contribution in [0.25, 0.3) is 0 Å². The molecule has 0 aliphatic carbocycles. The largest absolute Gasteiger partial charge is 0.468 e. The highest BCUT2D eigenvalue weighted by molar-refractivity contribution is 5.96.